The van der Waals surface area contributed by atoms with Gasteiger partial charge in [0.1, 0.15) is 5.69 Å². The Morgan fingerprint density at radius 1 is 1.10 bits per heavy atom. The number of piperazine rings is 1. The van der Waals surface area contributed by atoms with Crippen LogP contribution in [-0.2, 0) is 17.8 Å². The molecule has 0 radical (unpaired) electrons. The van der Waals surface area contributed by atoms with E-state index in [0.717, 1.165) is 49.7 Å². The van der Waals surface area contributed by atoms with E-state index in [2.05, 4.69) is 38.1 Å². The van der Waals surface area contributed by atoms with E-state index >= 15 is 0 Å². The van der Waals surface area contributed by atoms with Gasteiger partial charge in [0, 0.05) is 46.2 Å². The second-order valence-electron chi connectivity index (χ2n) is 7.89. The largest absolute Gasteiger partial charge is 0.368 e. The van der Waals surface area contributed by atoms with Gasteiger partial charge in [0.15, 0.2) is 5.78 Å². The summed E-state index contributed by atoms with van der Waals surface area (Å²) in [7, 11) is 1.60. The van der Waals surface area contributed by atoms with Crippen LogP contribution in [0.3, 0.4) is 0 Å². The lowest BCUT2D eigenvalue weighted by Crippen LogP contribution is -2.46. The smallest absolute Gasteiger partial charge is 0.269 e. The number of carbonyl (C=O) groups is 2. The highest BCUT2D eigenvalue weighted by Crippen LogP contribution is 2.30. The van der Waals surface area contributed by atoms with E-state index in [1.54, 1.807) is 26.2 Å². The predicted molar refractivity (Wildman–Crippen MR) is 118 cm³/mol. The number of hydrogen-bond acceptors (Lipinski definition) is 6. The summed E-state index contributed by atoms with van der Waals surface area (Å²) in [5, 5.41) is 2.59. The lowest BCUT2D eigenvalue weighted by atomic mass is 9.93. The number of nitrogens with one attached hydrogen (secondary N) is 1. The van der Waals surface area contributed by atoms with Crippen LogP contribution in [0.2, 0.25) is 0 Å². The number of nitrogens with zero attached hydrogens (tertiary/aromatic N) is 4. The molecule has 1 amide bonds. The number of Topliss-reactive ketones (excluding diaryl/α,β-unsaturated/α-hetero) is 1. The fraction of sp³-hybridized carbons (Fsp3) is 0.391. The second-order valence-corrected chi connectivity index (χ2v) is 7.89. The first-order valence-electron chi connectivity index (χ1n) is 10.3. The van der Waals surface area contributed by atoms with Crippen molar-refractivity contribution in [3.05, 3.63) is 52.8 Å². The van der Waals surface area contributed by atoms with Crippen molar-refractivity contribution in [2.24, 2.45) is 4.99 Å². The van der Waals surface area contributed by atoms with Crippen LogP contribution in [0.5, 0.6) is 0 Å². The van der Waals surface area contributed by atoms with E-state index in [1.165, 1.54) is 11.1 Å². The van der Waals surface area contributed by atoms with E-state index in [4.69, 9.17) is 0 Å². The molecule has 7 heteroatoms. The highest BCUT2D eigenvalue weighted by atomic mass is 16.1. The van der Waals surface area contributed by atoms with E-state index in [1.807, 2.05) is 12.1 Å². The van der Waals surface area contributed by atoms with Crippen molar-refractivity contribution in [3.8, 4) is 0 Å². The molecule has 1 saturated heterocycles. The molecule has 3 heterocycles. The second kappa shape index (κ2) is 8.36. The minimum atomic E-state index is -0.172. The zero-order chi connectivity index (χ0) is 21.3. The van der Waals surface area contributed by atoms with Crippen LogP contribution in [0.1, 0.15) is 34.1 Å². The van der Waals surface area contributed by atoms with Crippen LogP contribution in [0, 0.1) is 6.92 Å². The number of rotatable bonds is 4. The van der Waals surface area contributed by atoms with Crippen molar-refractivity contribution in [1.29, 1.82) is 0 Å². The topological polar surface area (TPSA) is 77.9 Å². The maximum Gasteiger partial charge on any atom is 0.269 e. The van der Waals surface area contributed by atoms with Gasteiger partial charge < -0.3 is 10.2 Å². The molecule has 156 valence electrons. The van der Waals surface area contributed by atoms with Crippen molar-refractivity contribution in [2.45, 2.75) is 26.8 Å². The summed E-state index contributed by atoms with van der Waals surface area (Å²) in [5.41, 5.74) is 6.54. The molecule has 1 aromatic heterocycles. The monoisotopic (exact) mass is 405 g/mol. The molecule has 1 N–H and O–H groups in total. The Morgan fingerprint density at radius 2 is 1.87 bits per heavy atom. The number of aliphatic imine (C=N–C) groups is 1. The molecule has 0 unspecified atom stereocenters. The van der Waals surface area contributed by atoms with Crippen molar-refractivity contribution in [1.82, 2.24) is 15.2 Å². The van der Waals surface area contributed by atoms with Gasteiger partial charge in [-0.2, -0.15) is 0 Å². The van der Waals surface area contributed by atoms with Gasteiger partial charge in [-0.05, 0) is 48.7 Å². The van der Waals surface area contributed by atoms with Crippen LogP contribution in [0.4, 0.5) is 11.4 Å². The molecular formula is C23H27N5O2. The van der Waals surface area contributed by atoms with E-state index in [0.29, 0.717) is 17.8 Å². The molecule has 4 rings (SSSR count). The Bertz CT molecular complexity index is 1000. The van der Waals surface area contributed by atoms with Crippen LogP contribution < -0.4 is 10.2 Å². The van der Waals surface area contributed by atoms with Gasteiger partial charge in [-0.3, -0.25) is 14.5 Å². The van der Waals surface area contributed by atoms with Crippen molar-refractivity contribution < 1.29 is 9.59 Å². The van der Waals surface area contributed by atoms with Crippen LogP contribution in [-0.4, -0.2) is 60.5 Å². The molecule has 1 fully saturated rings. The number of fused-ring (bicyclic) bond motifs is 1. The number of anilines is 1. The molecule has 2 aliphatic rings. The van der Waals surface area contributed by atoms with Crippen LogP contribution >= 0.6 is 0 Å². The minimum absolute atomic E-state index is 0.118. The maximum atomic E-state index is 12.1. The fourth-order valence-electron chi connectivity index (χ4n) is 4.06. The van der Waals surface area contributed by atoms with Gasteiger partial charge in [0.25, 0.3) is 5.91 Å². The normalized spacial score (nSPS) is 16.8. The highest BCUT2D eigenvalue weighted by molar-refractivity contribution is 6.40. The highest BCUT2D eigenvalue weighted by Gasteiger charge is 2.22. The van der Waals surface area contributed by atoms with E-state index in [-0.39, 0.29) is 11.7 Å². The maximum absolute atomic E-state index is 12.1. The summed E-state index contributed by atoms with van der Waals surface area (Å²) in [6, 6.07) is 7.92. The third-order valence-electron chi connectivity index (χ3n) is 6.05. The standard InChI is InChI=1S/C23H27N5O2/c1-15-17(4-6-20-19(15)12-22(29)16(2)26-20)14-27-8-10-28(11-9-27)18-5-7-21(25-13-18)23(30)24-3/h4-7,13H,8-12,14H2,1-3H3,(H,24,30). The number of pyridine rings is 1. The molecule has 7 nitrogen and oxygen atoms in total. The summed E-state index contributed by atoms with van der Waals surface area (Å²) in [4.78, 5) is 37.2. The SMILES string of the molecule is CNC(=O)c1ccc(N2CCN(Cc3ccc4c(c3C)CC(=O)C(C)=N4)CC2)cn1. The number of benzene rings is 1. The quantitative estimate of drug-likeness (QED) is 0.845. The van der Waals surface area contributed by atoms with Crippen molar-refractivity contribution in [2.75, 3.05) is 38.1 Å². The summed E-state index contributed by atoms with van der Waals surface area (Å²) in [5.74, 6) is -0.0539. The lowest BCUT2D eigenvalue weighted by molar-refractivity contribution is -0.112. The van der Waals surface area contributed by atoms with Gasteiger partial charge in [-0.1, -0.05) is 6.07 Å². The Hall–Kier alpha value is -3.06. The summed E-state index contributed by atoms with van der Waals surface area (Å²) >= 11 is 0. The van der Waals surface area contributed by atoms with Gasteiger partial charge in [-0.25, -0.2) is 9.98 Å². The van der Waals surface area contributed by atoms with Gasteiger partial charge in [0.05, 0.1) is 23.3 Å². The Kier molecular flexibility index (Phi) is 5.63. The molecule has 0 spiro atoms. The van der Waals surface area contributed by atoms with E-state index in [9.17, 15) is 9.59 Å². The zero-order valence-electron chi connectivity index (χ0n) is 17.7. The average Bonchev–Trinajstić information content (AvgIpc) is 2.77. The summed E-state index contributed by atoms with van der Waals surface area (Å²) in [6.45, 7) is 8.48. The number of ketones is 1. The fourth-order valence-corrected chi connectivity index (χ4v) is 4.06. The first-order valence-corrected chi connectivity index (χ1v) is 10.3. The minimum Gasteiger partial charge on any atom is -0.368 e. The molecule has 0 bridgehead atoms. The molecular weight excluding hydrogens is 378 g/mol. The Balaban J connectivity index is 1.39. The molecule has 1 aromatic carbocycles. The summed E-state index contributed by atoms with van der Waals surface area (Å²) < 4.78 is 0. The Morgan fingerprint density at radius 3 is 2.53 bits per heavy atom. The van der Waals surface area contributed by atoms with Crippen LogP contribution in [0.25, 0.3) is 0 Å². The molecule has 30 heavy (non-hydrogen) atoms. The Labute approximate surface area is 176 Å². The number of aromatic nitrogens is 1. The number of hydrogen-bond donors (Lipinski definition) is 1. The van der Waals surface area contributed by atoms with Crippen molar-refractivity contribution in [3.63, 3.8) is 0 Å². The first kappa shape index (κ1) is 20.2. The molecule has 0 aliphatic carbocycles. The molecule has 0 saturated carbocycles. The van der Waals surface area contributed by atoms with Crippen molar-refractivity contribution >= 4 is 28.8 Å². The first-order chi connectivity index (χ1) is 14.5. The average molecular weight is 406 g/mol. The number of amides is 1. The molecule has 2 aliphatic heterocycles. The third kappa shape index (κ3) is 3.98. The zero-order valence-corrected chi connectivity index (χ0v) is 17.7. The molecule has 2 aromatic rings. The van der Waals surface area contributed by atoms with Gasteiger partial charge >= 0.3 is 0 Å². The van der Waals surface area contributed by atoms with E-state index < -0.39 is 0 Å². The number of carbonyl (C=O) groups excluding carboxylic acids is 2. The lowest BCUT2D eigenvalue weighted by Gasteiger charge is -2.36. The molecule has 0 atom stereocenters. The summed E-state index contributed by atoms with van der Waals surface area (Å²) in [6.07, 6.45) is 2.23. The van der Waals surface area contributed by atoms with Gasteiger partial charge in [-0.15, -0.1) is 0 Å². The third-order valence-corrected chi connectivity index (χ3v) is 6.05. The van der Waals surface area contributed by atoms with Gasteiger partial charge in [0.2, 0.25) is 0 Å². The van der Waals surface area contributed by atoms with Crippen LogP contribution in [0.15, 0.2) is 35.5 Å². The predicted octanol–water partition coefficient (Wildman–Crippen LogP) is 2.29.